The zero-order valence-corrected chi connectivity index (χ0v) is 26.4. The van der Waals surface area contributed by atoms with Gasteiger partial charge in [0.1, 0.15) is 27.8 Å². The molecule has 1 saturated heterocycles. The Bertz CT molecular complexity index is 1760. The van der Waals surface area contributed by atoms with Crippen molar-refractivity contribution in [2.24, 2.45) is 5.92 Å². The van der Waals surface area contributed by atoms with Crippen LogP contribution < -0.4 is 16.0 Å². The van der Waals surface area contributed by atoms with Crippen molar-refractivity contribution in [1.82, 2.24) is 0 Å². The Hall–Kier alpha value is -3.52. The van der Waals surface area contributed by atoms with Gasteiger partial charge in [-0.2, -0.15) is 13.2 Å². The first-order valence-electron chi connectivity index (χ1n) is 14.1. The SMILES string of the molecule is CCC1CCC(C(=O)Nc2c(F)ccc(NC(=O)c3cc(NC(=O)[C@H]4[C@H](c5ccc(F)c(C(F)(F)F)c5)C4(Cl)Cl)ccc3Cl)c2F)O1. The van der Waals surface area contributed by atoms with Crippen LogP contribution in [0.25, 0.3) is 0 Å². The third-order valence-corrected chi connectivity index (χ3v) is 9.18. The lowest BCUT2D eigenvalue weighted by Gasteiger charge is -2.16. The Morgan fingerprint density at radius 3 is 2.28 bits per heavy atom. The number of anilines is 3. The summed E-state index contributed by atoms with van der Waals surface area (Å²) in [5, 5.41) is 6.76. The highest BCUT2D eigenvalue weighted by Gasteiger charge is 2.67. The number of ether oxygens (including phenoxy) is 1. The van der Waals surface area contributed by atoms with Gasteiger partial charge in [-0.3, -0.25) is 14.4 Å². The molecule has 3 amide bonds. The number of carbonyl (C=O) groups excluding carboxylic acids is 3. The van der Waals surface area contributed by atoms with Crippen LogP contribution in [0.15, 0.2) is 48.5 Å². The van der Waals surface area contributed by atoms with E-state index in [1.165, 1.54) is 12.1 Å². The highest BCUT2D eigenvalue weighted by molar-refractivity contribution is 6.53. The number of carbonyl (C=O) groups is 3. The summed E-state index contributed by atoms with van der Waals surface area (Å²) in [4.78, 5) is 38.8. The maximum atomic E-state index is 15.3. The van der Waals surface area contributed by atoms with Crippen molar-refractivity contribution in [1.29, 1.82) is 0 Å². The average molecular weight is 723 g/mol. The van der Waals surface area contributed by atoms with E-state index >= 15 is 4.39 Å². The molecule has 3 aromatic rings. The number of benzene rings is 3. The summed E-state index contributed by atoms with van der Waals surface area (Å²) in [5.41, 5.74) is -3.22. The Morgan fingerprint density at radius 1 is 0.915 bits per heavy atom. The number of rotatable bonds is 8. The van der Waals surface area contributed by atoms with Crippen LogP contribution in [0.2, 0.25) is 5.02 Å². The van der Waals surface area contributed by atoms with Gasteiger partial charge in [0, 0.05) is 11.6 Å². The van der Waals surface area contributed by atoms with E-state index in [4.69, 9.17) is 39.5 Å². The molecule has 2 aliphatic rings. The smallest absolute Gasteiger partial charge is 0.365 e. The summed E-state index contributed by atoms with van der Waals surface area (Å²) in [5.74, 6) is -8.79. The van der Waals surface area contributed by atoms with Crippen LogP contribution >= 0.6 is 34.8 Å². The summed E-state index contributed by atoms with van der Waals surface area (Å²) in [6.45, 7) is 1.88. The molecule has 16 heteroatoms. The van der Waals surface area contributed by atoms with Gasteiger partial charge in [0.2, 0.25) is 5.91 Å². The average Bonchev–Trinajstić information content (AvgIpc) is 3.32. The molecule has 47 heavy (non-hydrogen) atoms. The predicted octanol–water partition coefficient (Wildman–Crippen LogP) is 8.45. The number of nitrogens with one attached hydrogen (secondary N) is 3. The number of alkyl halides is 5. The molecular weight excluding hydrogens is 699 g/mol. The second kappa shape index (κ2) is 13.2. The molecule has 0 bridgehead atoms. The van der Waals surface area contributed by atoms with E-state index in [0.717, 1.165) is 24.3 Å². The van der Waals surface area contributed by atoms with Gasteiger partial charge in [-0.15, -0.1) is 23.2 Å². The number of hydrogen-bond donors (Lipinski definition) is 3. The van der Waals surface area contributed by atoms with Crippen molar-refractivity contribution in [3.8, 4) is 0 Å². The first-order valence-corrected chi connectivity index (χ1v) is 15.3. The molecule has 2 fully saturated rings. The normalized spacial score (nSPS) is 21.7. The Kier molecular flexibility index (Phi) is 9.76. The molecule has 1 aliphatic heterocycles. The van der Waals surface area contributed by atoms with E-state index in [-0.39, 0.29) is 27.9 Å². The van der Waals surface area contributed by atoms with Crippen molar-refractivity contribution in [2.75, 3.05) is 16.0 Å². The van der Waals surface area contributed by atoms with Crippen LogP contribution in [0, 0.1) is 23.4 Å². The zero-order chi connectivity index (χ0) is 34.4. The standard InChI is InChI=1S/C31H24Cl3F6N3O4/c1-2-15-5-10-22(47-15)28(45)43-26-20(36)8-9-21(25(26)37)42-27(44)16-12-14(4-6-18(16)32)41-29(46)24-23(30(24,33)34)13-3-7-19(35)17(11-13)31(38,39)40/h3-4,6-9,11-12,15,22-24H,2,5,10H2,1H3,(H,41,46)(H,42,44)(H,43,45)/t15?,22?,23-,24+/m0/s1. The molecule has 3 N–H and O–H groups in total. The first kappa shape index (κ1) is 34.8. The van der Waals surface area contributed by atoms with Gasteiger partial charge in [-0.25, -0.2) is 13.2 Å². The lowest BCUT2D eigenvalue weighted by molar-refractivity contribution is -0.140. The van der Waals surface area contributed by atoms with Crippen LogP contribution in [0.4, 0.5) is 43.4 Å². The minimum absolute atomic E-state index is 0.0103. The number of amides is 3. The van der Waals surface area contributed by atoms with E-state index in [9.17, 15) is 36.3 Å². The summed E-state index contributed by atoms with van der Waals surface area (Å²) in [7, 11) is 0. The summed E-state index contributed by atoms with van der Waals surface area (Å²) >= 11 is 18.7. The summed E-state index contributed by atoms with van der Waals surface area (Å²) in [6, 6.07) is 7.62. The zero-order valence-electron chi connectivity index (χ0n) is 24.1. The predicted molar refractivity (Wildman–Crippen MR) is 163 cm³/mol. The highest BCUT2D eigenvalue weighted by Crippen LogP contribution is 2.65. The van der Waals surface area contributed by atoms with E-state index in [0.29, 0.717) is 31.4 Å². The van der Waals surface area contributed by atoms with Gasteiger partial charge in [-0.05, 0) is 67.3 Å². The molecule has 0 aromatic heterocycles. The van der Waals surface area contributed by atoms with Crippen LogP contribution in [-0.4, -0.2) is 34.3 Å². The van der Waals surface area contributed by atoms with Crippen LogP contribution in [-0.2, 0) is 20.5 Å². The molecule has 250 valence electrons. The maximum absolute atomic E-state index is 15.3. The van der Waals surface area contributed by atoms with Crippen LogP contribution in [0.3, 0.4) is 0 Å². The Labute approximate surface area is 278 Å². The van der Waals surface area contributed by atoms with Gasteiger partial charge >= 0.3 is 6.18 Å². The van der Waals surface area contributed by atoms with Gasteiger partial charge in [-0.1, -0.05) is 24.6 Å². The van der Waals surface area contributed by atoms with Gasteiger partial charge in [0.15, 0.2) is 5.82 Å². The molecule has 1 aliphatic carbocycles. The molecule has 3 aromatic carbocycles. The first-order chi connectivity index (χ1) is 22.0. The molecule has 5 rings (SSSR count). The summed E-state index contributed by atoms with van der Waals surface area (Å²) < 4.78 is 87.0. The van der Waals surface area contributed by atoms with Gasteiger partial charge in [0.25, 0.3) is 11.8 Å². The third kappa shape index (κ3) is 7.18. The number of hydrogen-bond acceptors (Lipinski definition) is 4. The fraction of sp³-hybridized carbons (Fsp3) is 0.323. The fourth-order valence-corrected chi connectivity index (χ4v) is 6.41. The van der Waals surface area contributed by atoms with E-state index in [1.807, 2.05) is 6.92 Å². The fourth-order valence-electron chi connectivity index (χ4n) is 5.37. The van der Waals surface area contributed by atoms with Crippen molar-refractivity contribution >= 4 is 69.6 Å². The molecule has 0 radical (unpaired) electrons. The molecule has 0 spiro atoms. The Balaban J connectivity index is 1.30. The molecule has 1 heterocycles. The number of halogens is 9. The van der Waals surface area contributed by atoms with E-state index in [2.05, 4.69) is 16.0 Å². The monoisotopic (exact) mass is 721 g/mol. The third-order valence-electron chi connectivity index (χ3n) is 7.91. The van der Waals surface area contributed by atoms with Crippen molar-refractivity contribution in [3.05, 3.63) is 87.7 Å². The van der Waals surface area contributed by atoms with E-state index < -0.39 is 80.6 Å². The molecule has 7 nitrogen and oxygen atoms in total. The minimum Gasteiger partial charge on any atom is -0.365 e. The maximum Gasteiger partial charge on any atom is 0.419 e. The minimum atomic E-state index is -5.00. The molecule has 1 saturated carbocycles. The molecule has 2 unspecified atom stereocenters. The van der Waals surface area contributed by atoms with Gasteiger partial charge in [0.05, 0.1) is 33.9 Å². The topological polar surface area (TPSA) is 96.5 Å². The largest absolute Gasteiger partial charge is 0.419 e. The summed E-state index contributed by atoms with van der Waals surface area (Å²) in [6.07, 6.45) is -4.37. The van der Waals surface area contributed by atoms with Crippen molar-refractivity contribution < 1.29 is 45.5 Å². The van der Waals surface area contributed by atoms with Crippen LogP contribution in [0.1, 0.15) is 53.6 Å². The van der Waals surface area contributed by atoms with E-state index in [1.54, 1.807) is 0 Å². The quantitative estimate of drug-likeness (QED) is 0.161. The second-order valence-corrected chi connectivity index (χ2v) is 12.9. The van der Waals surface area contributed by atoms with Crippen LogP contribution in [0.5, 0.6) is 0 Å². The molecule has 4 atom stereocenters. The highest BCUT2D eigenvalue weighted by atomic mass is 35.5. The lowest BCUT2D eigenvalue weighted by Crippen LogP contribution is -2.29. The second-order valence-electron chi connectivity index (χ2n) is 11.0. The van der Waals surface area contributed by atoms with Crippen molar-refractivity contribution in [3.63, 3.8) is 0 Å². The van der Waals surface area contributed by atoms with Gasteiger partial charge < -0.3 is 20.7 Å². The lowest BCUT2D eigenvalue weighted by atomic mass is 10.0. The Morgan fingerprint density at radius 2 is 1.62 bits per heavy atom. The van der Waals surface area contributed by atoms with Crippen molar-refractivity contribution in [2.45, 2.75) is 54.8 Å². The molecular formula is C31H24Cl3F6N3O4.